The van der Waals surface area contributed by atoms with Crippen LogP contribution >= 0.6 is 34.0 Å². The van der Waals surface area contributed by atoms with E-state index < -0.39 is 0 Å². The molecule has 0 aliphatic heterocycles. The first-order valence-electron chi connectivity index (χ1n) is 10.9. The van der Waals surface area contributed by atoms with Gasteiger partial charge in [0.05, 0.1) is 10.6 Å². The molecule has 0 radical (unpaired) electrons. The molecule has 3 aromatic carbocycles. The maximum absolute atomic E-state index is 5.16. The van der Waals surface area contributed by atoms with E-state index in [9.17, 15) is 0 Å². The first-order chi connectivity index (χ1) is 16.2. The number of benzene rings is 3. The van der Waals surface area contributed by atoms with Gasteiger partial charge in [0.25, 0.3) is 0 Å². The summed E-state index contributed by atoms with van der Waals surface area (Å²) in [5, 5.41) is 2.39. The SMILES string of the molecule is Cc1sc(-c2ccccc2)cc1-c1c(-c2nc(-c3ccccc3)sc2C)sc2ccccc12. The second kappa shape index (κ2) is 8.38. The van der Waals surface area contributed by atoms with Crippen molar-refractivity contribution >= 4 is 44.1 Å². The average Bonchev–Trinajstić information content (AvgIpc) is 3.54. The number of thiazole rings is 1. The van der Waals surface area contributed by atoms with Crippen molar-refractivity contribution in [1.29, 1.82) is 0 Å². The monoisotopic (exact) mass is 479 g/mol. The molecule has 0 saturated carbocycles. The number of nitrogens with zero attached hydrogens (tertiary/aromatic N) is 1. The van der Waals surface area contributed by atoms with Crippen LogP contribution in [0, 0.1) is 13.8 Å². The van der Waals surface area contributed by atoms with Crippen molar-refractivity contribution < 1.29 is 0 Å². The minimum absolute atomic E-state index is 1.08. The van der Waals surface area contributed by atoms with Crippen LogP contribution < -0.4 is 0 Å². The topological polar surface area (TPSA) is 12.9 Å². The maximum atomic E-state index is 5.16. The van der Waals surface area contributed by atoms with E-state index >= 15 is 0 Å². The second-order valence-electron chi connectivity index (χ2n) is 8.04. The van der Waals surface area contributed by atoms with E-state index in [4.69, 9.17) is 4.98 Å². The molecule has 0 saturated heterocycles. The van der Waals surface area contributed by atoms with Gasteiger partial charge in [0, 0.05) is 35.8 Å². The summed E-state index contributed by atoms with van der Waals surface area (Å²) in [5.74, 6) is 0. The van der Waals surface area contributed by atoms with Gasteiger partial charge >= 0.3 is 0 Å². The Morgan fingerprint density at radius 2 is 1.30 bits per heavy atom. The second-order valence-corrected chi connectivity index (χ2v) is 11.6. The molecule has 0 aliphatic rings. The summed E-state index contributed by atoms with van der Waals surface area (Å²) in [7, 11) is 0. The molecule has 4 heteroatoms. The summed E-state index contributed by atoms with van der Waals surface area (Å²) in [6, 6.07) is 32.3. The van der Waals surface area contributed by atoms with E-state index in [1.165, 1.54) is 51.8 Å². The third kappa shape index (κ3) is 3.65. The van der Waals surface area contributed by atoms with Crippen LogP contribution in [0.5, 0.6) is 0 Å². The van der Waals surface area contributed by atoms with E-state index in [1.54, 1.807) is 11.3 Å². The molecule has 0 unspecified atom stereocenters. The van der Waals surface area contributed by atoms with Crippen molar-refractivity contribution in [3.05, 3.63) is 101 Å². The van der Waals surface area contributed by atoms with Crippen LogP contribution in [-0.2, 0) is 0 Å². The third-order valence-corrected chi connectivity index (χ3v) is 9.17. The Balaban J connectivity index is 1.57. The van der Waals surface area contributed by atoms with E-state index in [-0.39, 0.29) is 0 Å². The molecule has 0 spiro atoms. The lowest BCUT2D eigenvalue weighted by atomic mass is 10.00. The minimum Gasteiger partial charge on any atom is -0.235 e. The number of aryl methyl sites for hydroxylation is 2. The van der Waals surface area contributed by atoms with Crippen LogP contribution in [0.2, 0.25) is 0 Å². The lowest BCUT2D eigenvalue weighted by Crippen LogP contribution is -1.83. The van der Waals surface area contributed by atoms with Crippen molar-refractivity contribution in [2.24, 2.45) is 0 Å². The highest BCUT2D eigenvalue weighted by Gasteiger charge is 2.23. The van der Waals surface area contributed by atoms with Crippen molar-refractivity contribution in [3.63, 3.8) is 0 Å². The van der Waals surface area contributed by atoms with Gasteiger partial charge in [-0.1, -0.05) is 78.9 Å². The van der Waals surface area contributed by atoms with Crippen LogP contribution in [-0.4, -0.2) is 4.98 Å². The zero-order valence-electron chi connectivity index (χ0n) is 18.3. The summed E-state index contributed by atoms with van der Waals surface area (Å²) in [5.41, 5.74) is 6.20. The van der Waals surface area contributed by atoms with Gasteiger partial charge in [0.1, 0.15) is 5.01 Å². The summed E-state index contributed by atoms with van der Waals surface area (Å²) in [6.07, 6.45) is 0. The lowest BCUT2D eigenvalue weighted by Gasteiger charge is -2.04. The van der Waals surface area contributed by atoms with E-state index in [0.717, 1.165) is 10.7 Å². The number of aromatic nitrogens is 1. The van der Waals surface area contributed by atoms with Gasteiger partial charge in [0.15, 0.2) is 0 Å². The highest BCUT2D eigenvalue weighted by molar-refractivity contribution is 7.23. The zero-order chi connectivity index (χ0) is 22.4. The number of hydrogen-bond acceptors (Lipinski definition) is 4. The Morgan fingerprint density at radius 3 is 2.06 bits per heavy atom. The minimum atomic E-state index is 1.08. The van der Waals surface area contributed by atoms with E-state index in [0.29, 0.717) is 0 Å². The number of hydrogen-bond donors (Lipinski definition) is 0. The van der Waals surface area contributed by atoms with E-state index in [2.05, 4.69) is 105 Å². The Morgan fingerprint density at radius 1 is 0.636 bits per heavy atom. The number of thiophene rings is 2. The summed E-state index contributed by atoms with van der Waals surface area (Å²) in [4.78, 5) is 10.3. The Kier molecular flexibility index (Phi) is 5.22. The Bertz CT molecular complexity index is 1570. The molecule has 0 aliphatic carbocycles. The van der Waals surface area contributed by atoms with Gasteiger partial charge in [-0.05, 0) is 37.1 Å². The molecule has 6 aromatic rings. The summed E-state index contributed by atoms with van der Waals surface area (Å²) < 4.78 is 1.31. The molecule has 0 N–H and O–H groups in total. The Hall–Kier alpha value is -3.05. The molecule has 3 heterocycles. The van der Waals surface area contributed by atoms with Crippen LogP contribution in [0.15, 0.2) is 91.0 Å². The molecular formula is C29H21NS3. The highest BCUT2D eigenvalue weighted by atomic mass is 32.1. The standard InChI is InChI=1S/C29H21NS3/c1-18-23(17-25(31-18)20-11-5-3-6-12-20)26-22-15-9-10-16-24(22)33-28(26)27-19(2)32-29(30-27)21-13-7-4-8-14-21/h3-17H,1-2H3. The highest BCUT2D eigenvalue weighted by Crippen LogP contribution is 2.49. The zero-order valence-corrected chi connectivity index (χ0v) is 20.8. The van der Waals surface area contributed by atoms with Crippen LogP contribution in [0.3, 0.4) is 0 Å². The molecule has 1 nitrogen and oxygen atoms in total. The van der Waals surface area contributed by atoms with Gasteiger partial charge in [-0.15, -0.1) is 34.0 Å². The first-order valence-corrected chi connectivity index (χ1v) is 13.3. The fourth-order valence-electron chi connectivity index (χ4n) is 4.27. The molecular weight excluding hydrogens is 459 g/mol. The predicted octanol–water partition coefficient (Wildman–Crippen LogP) is 9.70. The quantitative estimate of drug-likeness (QED) is 0.245. The molecule has 0 amide bonds. The lowest BCUT2D eigenvalue weighted by molar-refractivity contribution is 1.39. The normalized spacial score (nSPS) is 11.3. The molecule has 6 rings (SSSR count). The number of rotatable bonds is 4. The maximum Gasteiger partial charge on any atom is 0.124 e. The molecule has 3 aromatic heterocycles. The van der Waals surface area contributed by atoms with Gasteiger partial charge in [-0.25, -0.2) is 4.98 Å². The molecule has 0 atom stereocenters. The molecule has 0 bridgehead atoms. The molecule has 33 heavy (non-hydrogen) atoms. The number of fused-ring (bicyclic) bond motifs is 1. The predicted molar refractivity (Wildman–Crippen MR) is 147 cm³/mol. The first kappa shape index (κ1) is 20.5. The Labute approximate surface area is 205 Å². The van der Waals surface area contributed by atoms with E-state index in [1.807, 2.05) is 22.7 Å². The van der Waals surface area contributed by atoms with Crippen molar-refractivity contribution in [1.82, 2.24) is 4.98 Å². The van der Waals surface area contributed by atoms with Gasteiger partial charge in [-0.3, -0.25) is 0 Å². The summed E-state index contributed by atoms with van der Waals surface area (Å²) >= 11 is 5.51. The largest absolute Gasteiger partial charge is 0.235 e. The average molecular weight is 480 g/mol. The van der Waals surface area contributed by atoms with Crippen molar-refractivity contribution in [3.8, 4) is 42.7 Å². The third-order valence-electron chi connectivity index (χ3n) is 5.87. The fraction of sp³-hybridized carbons (Fsp3) is 0.0690. The molecule has 160 valence electrons. The summed E-state index contributed by atoms with van der Waals surface area (Å²) in [6.45, 7) is 4.44. The fourth-order valence-corrected chi connectivity index (χ4v) is 7.55. The van der Waals surface area contributed by atoms with Crippen LogP contribution in [0.4, 0.5) is 0 Å². The van der Waals surface area contributed by atoms with Crippen LogP contribution in [0.25, 0.3) is 52.8 Å². The molecule has 0 fully saturated rings. The van der Waals surface area contributed by atoms with Crippen molar-refractivity contribution in [2.75, 3.05) is 0 Å². The van der Waals surface area contributed by atoms with Gasteiger partial charge in [-0.2, -0.15) is 0 Å². The van der Waals surface area contributed by atoms with Gasteiger partial charge in [0.2, 0.25) is 0 Å². The van der Waals surface area contributed by atoms with Crippen LogP contribution in [0.1, 0.15) is 9.75 Å². The van der Waals surface area contributed by atoms with Gasteiger partial charge < -0.3 is 0 Å². The van der Waals surface area contributed by atoms with Crippen molar-refractivity contribution in [2.45, 2.75) is 13.8 Å². The smallest absolute Gasteiger partial charge is 0.124 e.